The van der Waals surface area contributed by atoms with Gasteiger partial charge in [0.2, 0.25) is 17.7 Å². The third-order valence-corrected chi connectivity index (χ3v) is 4.58. The van der Waals surface area contributed by atoms with Crippen LogP contribution in [0.2, 0.25) is 0 Å². The average molecular weight is 379 g/mol. The number of aryl methyl sites for hydroxylation is 1. The molecule has 0 aromatic carbocycles. The third-order valence-electron chi connectivity index (χ3n) is 4.58. The zero-order chi connectivity index (χ0) is 20.1. The highest BCUT2D eigenvalue weighted by Gasteiger charge is 2.29. The lowest BCUT2D eigenvalue weighted by Crippen LogP contribution is -2.46. The van der Waals surface area contributed by atoms with Crippen molar-refractivity contribution in [3.8, 4) is 0 Å². The third kappa shape index (κ3) is 5.29. The molecule has 0 saturated heterocycles. The van der Waals surface area contributed by atoms with Gasteiger partial charge >= 0.3 is 0 Å². The number of nitrogens with zero attached hydrogens (tertiary/aromatic N) is 1. The number of hydrogen-bond donors (Lipinski definition) is 4. The van der Waals surface area contributed by atoms with Crippen LogP contribution in [0, 0.1) is 12.8 Å². The molecular formula is C18H29N5O4. The molecule has 9 nitrogen and oxygen atoms in total. The summed E-state index contributed by atoms with van der Waals surface area (Å²) in [4.78, 5) is 41.3. The van der Waals surface area contributed by atoms with Gasteiger partial charge in [0.15, 0.2) is 5.69 Å². The Morgan fingerprint density at radius 1 is 1.15 bits per heavy atom. The summed E-state index contributed by atoms with van der Waals surface area (Å²) in [7, 11) is 0. The Kier molecular flexibility index (Phi) is 6.95. The maximum absolute atomic E-state index is 12.5. The summed E-state index contributed by atoms with van der Waals surface area (Å²) in [6, 6.07) is -1.86. The molecule has 1 aliphatic heterocycles. The monoisotopic (exact) mass is 379 g/mol. The molecule has 150 valence electrons. The van der Waals surface area contributed by atoms with Crippen LogP contribution in [-0.4, -0.2) is 41.3 Å². The number of nitrogens with two attached hydrogens (primary N) is 1. The molecule has 0 radical (unpaired) electrons. The van der Waals surface area contributed by atoms with Crippen molar-refractivity contribution in [2.75, 3.05) is 6.54 Å². The SMILES string of the molecule is Cc1oc2nc1C(=O)N[C@H](C)C(=O)NCCCC[C@H](N)C(=O)N[C@H]2C(C)C. The molecule has 0 saturated carbocycles. The normalized spacial score (nSPS) is 25.7. The summed E-state index contributed by atoms with van der Waals surface area (Å²) >= 11 is 0. The van der Waals surface area contributed by atoms with Gasteiger partial charge in [-0.15, -0.1) is 0 Å². The fraction of sp³-hybridized carbons (Fsp3) is 0.667. The standard InChI is InChI=1S/C18H29N5O4/c1-9(2)13-18-23-14(11(4)27-18)17(26)21-10(3)15(24)20-8-6-5-7-12(19)16(25)22-13/h9-10,12-13H,5-8,19H2,1-4H3,(H,20,24)(H,21,26)(H,22,25)/t10-,12+,13+/m1/s1. The van der Waals surface area contributed by atoms with Gasteiger partial charge in [-0.2, -0.15) is 0 Å². The fourth-order valence-electron chi connectivity index (χ4n) is 2.85. The van der Waals surface area contributed by atoms with Gasteiger partial charge in [-0.25, -0.2) is 4.98 Å². The van der Waals surface area contributed by atoms with Crippen molar-refractivity contribution in [1.82, 2.24) is 20.9 Å². The molecule has 3 amide bonds. The zero-order valence-corrected chi connectivity index (χ0v) is 16.3. The number of fused-ring (bicyclic) bond motifs is 2. The van der Waals surface area contributed by atoms with Gasteiger partial charge in [0.25, 0.3) is 5.91 Å². The van der Waals surface area contributed by atoms with Crippen LogP contribution in [0.15, 0.2) is 4.42 Å². The summed E-state index contributed by atoms with van der Waals surface area (Å²) in [6.45, 7) is 7.52. The van der Waals surface area contributed by atoms with E-state index >= 15 is 0 Å². The number of oxazole rings is 1. The molecule has 3 atom stereocenters. The van der Waals surface area contributed by atoms with Crippen LogP contribution >= 0.6 is 0 Å². The van der Waals surface area contributed by atoms with Gasteiger partial charge in [-0.05, 0) is 39.0 Å². The van der Waals surface area contributed by atoms with Crippen molar-refractivity contribution < 1.29 is 18.8 Å². The second kappa shape index (κ2) is 8.98. The maximum atomic E-state index is 12.5. The fourth-order valence-corrected chi connectivity index (χ4v) is 2.85. The summed E-state index contributed by atoms with van der Waals surface area (Å²) in [5, 5.41) is 8.26. The lowest BCUT2D eigenvalue weighted by molar-refractivity contribution is -0.124. The van der Waals surface area contributed by atoms with Crippen molar-refractivity contribution in [3.63, 3.8) is 0 Å². The number of carbonyl (C=O) groups excluding carboxylic acids is 3. The molecule has 2 rings (SSSR count). The van der Waals surface area contributed by atoms with Gasteiger partial charge in [-0.3, -0.25) is 14.4 Å². The van der Waals surface area contributed by atoms with Gasteiger partial charge in [-0.1, -0.05) is 13.8 Å². The van der Waals surface area contributed by atoms with E-state index < -0.39 is 24.0 Å². The van der Waals surface area contributed by atoms with Crippen LogP contribution in [0.3, 0.4) is 0 Å². The predicted octanol–water partition coefficient (Wildman–Crippen LogP) is 0.542. The van der Waals surface area contributed by atoms with Crippen LogP contribution in [-0.2, 0) is 9.59 Å². The molecule has 2 bridgehead atoms. The Balaban J connectivity index is 2.33. The van der Waals surface area contributed by atoms with E-state index in [0.717, 1.165) is 0 Å². The van der Waals surface area contributed by atoms with Crippen molar-refractivity contribution in [2.24, 2.45) is 11.7 Å². The number of amides is 3. The van der Waals surface area contributed by atoms with E-state index in [9.17, 15) is 14.4 Å². The first-order chi connectivity index (χ1) is 12.7. The molecule has 9 heteroatoms. The summed E-state index contributed by atoms with van der Waals surface area (Å²) in [6.07, 6.45) is 1.90. The highest BCUT2D eigenvalue weighted by Crippen LogP contribution is 2.24. The number of nitrogens with one attached hydrogen (secondary N) is 3. The van der Waals surface area contributed by atoms with Crippen molar-refractivity contribution >= 4 is 17.7 Å². The van der Waals surface area contributed by atoms with Crippen molar-refractivity contribution in [1.29, 1.82) is 0 Å². The Hall–Kier alpha value is -2.42. The lowest BCUT2D eigenvalue weighted by atomic mass is 10.0. The van der Waals surface area contributed by atoms with Gasteiger partial charge in [0, 0.05) is 6.54 Å². The first-order valence-corrected chi connectivity index (χ1v) is 9.32. The van der Waals surface area contributed by atoms with E-state index in [1.54, 1.807) is 13.8 Å². The predicted molar refractivity (Wildman–Crippen MR) is 98.7 cm³/mol. The molecule has 1 aromatic heterocycles. The molecule has 2 heterocycles. The number of hydrogen-bond acceptors (Lipinski definition) is 6. The van der Waals surface area contributed by atoms with E-state index in [0.29, 0.717) is 31.6 Å². The van der Waals surface area contributed by atoms with Gasteiger partial charge in [0.05, 0.1) is 6.04 Å². The number of rotatable bonds is 1. The van der Waals surface area contributed by atoms with E-state index in [1.807, 2.05) is 13.8 Å². The average Bonchev–Trinajstić information content (AvgIpc) is 2.98. The number of carbonyl (C=O) groups is 3. The summed E-state index contributed by atoms with van der Waals surface area (Å²) in [5.74, 6) is -0.512. The lowest BCUT2D eigenvalue weighted by Gasteiger charge is -2.21. The molecule has 27 heavy (non-hydrogen) atoms. The van der Waals surface area contributed by atoms with E-state index in [-0.39, 0.29) is 29.3 Å². The van der Waals surface area contributed by atoms with Crippen LogP contribution < -0.4 is 21.7 Å². The maximum Gasteiger partial charge on any atom is 0.274 e. The Morgan fingerprint density at radius 3 is 2.52 bits per heavy atom. The van der Waals surface area contributed by atoms with Crippen molar-refractivity contribution in [3.05, 3.63) is 17.3 Å². The Bertz CT molecular complexity index is 700. The second-order valence-electron chi connectivity index (χ2n) is 7.28. The highest BCUT2D eigenvalue weighted by atomic mass is 16.4. The minimum atomic E-state index is -0.701. The molecular weight excluding hydrogens is 350 g/mol. The molecule has 0 fully saturated rings. The van der Waals surface area contributed by atoms with Gasteiger partial charge in [0.1, 0.15) is 17.8 Å². The van der Waals surface area contributed by atoms with Crippen molar-refractivity contribution in [2.45, 2.75) is 65.1 Å². The van der Waals surface area contributed by atoms with E-state index in [2.05, 4.69) is 20.9 Å². The number of aromatic nitrogens is 1. The molecule has 1 aromatic rings. The highest BCUT2D eigenvalue weighted by molar-refractivity contribution is 5.96. The van der Waals surface area contributed by atoms with E-state index in [4.69, 9.17) is 10.2 Å². The second-order valence-corrected chi connectivity index (χ2v) is 7.28. The zero-order valence-electron chi connectivity index (χ0n) is 16.3. The quantitative estimate of drug-likeness (QED) is 0.562. The first kappa shape index (κ1) is 20.9. The molecule has 0 aliphatic carbocycles. The smallest absolute Gasteiger partial charge is 0.274 e. The summed E-state index contributed by atoms with van der Waals surface area (Å²) < 4.78 is 5.65. The van der Waals surface area contributed by atoms with Crippen LogP contribution in [0.1, 0.15) is 68.2 Å². The largest absolute Gasteiger partial charge is 0.443 e. The minimum absolute atomic E-state index is 0.0151. The Morgan fingerprint density at radius 2 is 1.85 bits per heavy atom. The van der Waals surface area contributed by atoms with Crippen LogP contribution in [0.5, 0.6) is 0 Å². The topological polar surface area (TPSA) is 139 Å². The van der Waals surface area contributed by atoms with Gasteiger partial charge < -0.3 is 26.1 Å². The van der Waals surface area contributed by atoms with Crippen LogP contribution in [0.4, 0.5) is 0 Å². The Labute approximate surface area is 158 Å². The summed E-state index contributed by atoms with van der Waals surface area (Å²) in [5.41, 5.74) is 6.09. The van der Waals surface area contributed by atoms with E-state index in [1.165, 1.54) is 0 Å². The molecule has 5 N–H and O–H groups in total. The molecule has 1 aliphatic rings. The first-order valence-electron chi connectivity index (χ1n) is 9.32. The van der Waals surface area contributed by atoms with Crippen LogP contribution in [0.25, 0.3) is 0 Å². The molecule has 0 unspecified atom stereocenters. The molecule has 0 spiro atoms. The minimum Gasteiger partial charge on any atom is -0.443 e.